The molecule has 32 heavy (non-hydrogen) atoms. The van der Waals surface area contributed by atoms with Crippen LogP contribution in [-0.2, 0) is 27.8 Å². The van der Waals surface area contributed by atoms with Gasteiger partial charge in [0.25, 0.3) is 5.91 Å². The van der Waals surface area contributed by atoms with Gasteiger partial charge in [0.1, 0.15) is 0 Å². The largest absolute Gasteiger partial charge is 0.379 e. The number of morpholine rings is 1. The summed E-state index contributed by atoms with van der Waals surface area (Å²) in [7, 11) is -3.52. The summed E-state index contributed by atoms with van der Waals surface area (Å²) in [5, 5.41) is 3.90. The number of benzene rings is 2. The number of hydrogen-bond acceptors (Lipinski definition) is 4. The van der Waals surface area contributed by atoms with Gasteiger partial charge in [0, 0.05) is 43.3 Å². The summed E-state index contributed by atoms with van der Waals surface area (Å²) in [4.78, 5) is 13.2. The van der Waals surface area contributed by atoms with Crippen LogP contribution in [0.4, 0.5) is 0 Å². The minimum atomic E-state index is -3.52. The molecule has 1 fully saturated rings. The van der Waals surface area contributed by atoms with Crippen LogP contribution in [0.2, 0.25) is 0 Å². The van der Waals surface area contributed by atoms with Crippen LogP contribution < -0.4 is 5.32 Å². The van der Waals surface area contributed by atoms with E-state index in [0.717, 1.165) is 23.0 Å². The van der Waals surface area contributed by atoms with Gasteiger partial charge < -0.3 is 14.6 Å². The van der Waals surface area contributed by atoms with E-state index in [1.807, 2.05) is 30.5 Å². The Labute approximate surface area is 189 Å². The predicted molar refractivity (Wildman–Crippen MR) is 124 cm³/mol. The first-order valence-corrected chi connectivity index (χ1v) is 12.3. The third-order valence-corrected chi connectivity index (χ3v) is 7.49. The van der Waals surface area contributed by atoms with Crippen LogP contribution in [0.5, 0.6) is 0 Å². The topological polar surface area (TPSA) is 80.6 Å². The average molecular weight is 456 g/mol. The van der Waals surface area contributed by atoms with Gasteiger partial charge in [-0.05, 0) is 29.7 Å². The third kappa shape index (κ3) is 4.72. The monoisotopic (exact) mass is 455 g/mol. The Morgan fingerprint density at radius 3 is 2.44 bits per heavy atom. The summed E-state index contributed by atoms with van der Waals surface area (Å²) in [6.07, 6.45) is 1.91. The number of nitrogens with zero attached hydrogens (tertiary/aromatic N) is 2. The van der Waals surface area contributed by atoms with Gasteiger partial charge in [0.05, 0.1) is 23.7 Å². The molecule has 170 valence electrons. The van der Waals surface area contributed by atoms with Crippen molar-refractivity contribution in [3.8, 4) is 0 Å². The third-order valence-electron chi connectivity index (χ3n) is 5.58. The van der Waals surface area contributed by atoms with Crippen LogP contribution in [0, 0.1) is 5.92 Å². The zero-order chi connectivity index (χ0) is 22.7. The zero-order valence-electron chi connectivity index (χ0n) is 18.5. The number of fused-ring (bicyclic) bond motifs is 1. The number of carbonyl (C=O) groups is 1. The fourth-order valence-electron chi connectivity index (χ4n) is 3.97. The van der Waals surface area contributed by atoms with Gasteiger partial charge in [-0.15, -0.1) is 0 Å². The molecular weight excluding hydrogens is 426 g/mol. The lowest BCUT2D eigenvalue weighted by atomic mass is 10.1. The molecule has 0 aliphatic carbocycles. The molecule has 4 rings (SSSR count). The number of ether oxygens (including phenoxy) is 1. The molecular formula is C24H29N3O4S. The first kappa shape index (κ1) is 22.5. The molecule has 0 spiro atoms. The number of amides is 1. The Bertz CT molecular complexity index is 1190. The molecule has 0 radical (unpaired) electrons. The van der Waals surface area contributed by atoms with E-state index in [0.29, 0.717) is 44.3 Å². The lowest BCUT2D eigenvalue weighted by Gasteiger charge is -2.26. The minimum Gasteiger partial charge on any atom is -0.379 e. The lowest BCUT2D eigenvalue weighted by Crippen LogP contribution is -2.40. The molecule has 0 bridgehead atoms. The SMILES string of the molecule is CC(C)Cn1cc(C(=O)NCc2ccc(S(=O)(=O)N3CCOCC3)cc2)c2ccccc21. The van der Waals surface area contributed by atoms with Gasteiger partial charge in [0.2, 0.25) is 10.0 Å². The van der Waals surface area contributed by atoms with Crippen molar-refractivity contribution >= 4 is 26.8 Å². The van der Waals surface area contributed by atoms with Crippen LogP contribution in [0.15, 0.2) is 59.6 Å². The number of rotatable bonds is 7. The van der Waals surface area contributed by atoms with Gasteiger partial charge in [-0.25, -0.2) is 8.42 Å². The van der Waals surface area contributed by atoms with E-state index in [9.17, 15) is 13.2 Å². The van der Waals surface area contributed by atoms with Crippen molar-refractivity contribution in [2.75, 3.05) is 26.3 Å². The first-order valence-electron chi connectivity index (χ1n) is 10.9. The molecule has 7 nitrogen and oxygen atoms in total. The maximum absolute atomic E-state index is 12.9. The molecule has 1 aliphatic heterocycles. The maximum Gasteiger partial charge on any atom is 0.253 e. The van der Waals surface area contributed by atoms with Gasteiger partial charge in [-0.3, -0.25) is 4.79 Å². The number of hydrogen-bond donors (Lipinski definition) is 1. The number of para-hydroxylation sites is 1. The predicted octanol–water partition coefficient (Wildman–Crippen LogP) is 3.25. The molecule has 2 aromatic carbocycles. The van der Waals surface area contributed by atoms with E-state index in [1.165, 1.54) is 4.31 Å². The molecule has 2 heterocycles. The van der Waals surface area contributed by atoms with Crippen molar-refractivity contribution in [2.45, 2.75) is 31.8 Å². The van der Waals surface area contributed by atoms with Crippen molar-refractivity contribution in [3.05, 3.63) is 65.9 Å². The van der Waals surface area contributed by atoms with Crippen LogP contribution >= 0.6 is 0 Å². The van der Waals surface area contributed by atoms with Crippen LogP contribution in [0.25, 0.3) is 10.9 Å². The van der Waals surface area contributed by atoms with E-state index in [2.05, 4.69) is 23.7 Å². The summed E-state index contributed by atoms with van der Waals surface area (Å²) < 4.78 is 34.3. The fraction of sp³-hybridized carbons (Fsp3) is 0.375. The highest BCUT2D eigenvalue weighted by Gasteiger charge is 2.26. The number of carbonyl (C=O) groups excluding carboxylic acids is 1. The Balaban J connectivity index is 1.46. The Kier molecular flexibility index (Phi) is 6.64. The molecule has 1 saturated heterocycles. The quantitative estimate of drug-likeness (QED) is 0.593. The van der Waals surface area contributed by atoms with Crippen LogP contribution in [-0.4, -0.2) is 49.5 Å². The van der Waals surface area contributed by atoms with E-state index in [1.54, 1.807) is 24.3 Å². The van der Waals surface area contributed by atoms with E-state index < -0.39 is 10.0 Å². The van der Waals surface area contributed by atoms with Crippen molar-refractivity contribution in [1.82, 2.24) is 14.2 Å². The van der Waals surface area contributed by atoms with E-state index in [-0.39, 0.29) is 10.8 Å². The second-order valence-corrected chi connectivity index (χ2v) is 10.4. The van der Waals surface area contributed by atoms with Crippen molar-refractivity contribution in [3.63, 3.8) is 0 Å². The Hall–Kier alpha value is -2.68. The van der Waals surface area contributed by atoms with E-state index in [4.69, 9.17) is 4.74 Å². The molecule has 1 aromatic heterocycles. The summed E-state index contributed by atoms with van der Waals surface area (Å²) in [5.74, 6) is 0.322. The van der Waals surface area contributed by atoms with Crippen molar-refractivity contribution in [1.29, 1.82) is 0 Å². The molecule has 0 unspecified atom stereocenters. The smallest absolute Gasteiger partial charge is 0.253 e. The first-order chi connectivity index (χ1) is 15.4. The minimum absolute atomic E-state index is 0.145. The maximum atomic E-state index is 12.9. The molecule has 8 heteroatoms. The number of sulfonamides is 1. The Morgan fingerprint density at radius 2 is 1.75 bits per heavy atom. The van der Waals surface area contributed by atoms with Crippen LogP contribution in [0.1, 0.15) is 29.8 Å². The summed E-state index contributed by atoms with van der Waals surface area (Å²) >= 11 is 0. The average Bonchev–Trinajstić information content (AvgIpc) is 3.16. The number of nitrogens with one attached hydrogen (secondary N) is 1. The van der Waals surface area contributed by atoms with Crippen molar-refractivity contribution < 1.29 is 17.9 Å². The fourth-order valence-corrected chi connectivity index (χ4v) is 5.37. The highest BCUT2D eigenvalue weighted by atomic mass is 32.2. The van der Waals surface area contributed by atoms with Gasteiger partial charge in [-0.2, -0.15) is 4.31 Å². The Morgan fingerprint density at radius 1 is 1.06 bits per heavy atom. The molecule has 0 saturated carbocycles. The zero-order valence-corrected chi connectivity index (χ0v) is 19.3. The normalized spacial score (nSPS) is 15.3. The molecule has 1 amide bonds. The second kappa shape index (κ2) is 9.44. The molecule has 1 aliphatic rings. The summed E-state index contributed by atoms with van der Waals surface area (Å²) in [6, 6.07) is 14.6. The lowest BCUT2D eigenvalue weighted by molar-refractivity contribution is 0.0730. The highest BCUT2D eigenvalue weighted by Crippen LogP contribution is 2.23. The van der Waals surface area contributed by atoms with Gasteiger partial charge >= 0.3 is 0 Å². The molecule has 1 N–H and O–H groups in total. The molecule has 3 aromatic rings. The summed E-state index contributed by atoms with van der Waals surface area (Å²) in [5.41, 5.74) is 2.53. The summed E-state index contributed by atoms with van der Waals surface area (Å²) in [6.45, 7) is 7.02. The van der Waals surface area contributed by atoms with Gasteiger partial charge in [-0.1, -0.05) is 44.2 Å². The second-order valence-electron chi connectivity index (χ2n) is 8.45. The molecule has 0 atom stereocenters. The highest BCUT2D eigenvalue weighted by molar-refractivity contribution is 7.89. The number of aromatic nitrogens is 1. The van der Waals surface area contributed by atoms with E-state index >= 15 is 0 Å². The standard InChI is InChI=1S/C24H29N3O4S/c1-18(2)16-26-17-22(21-5-3-4-6-23(21)26)24(28)25-15-19-7-9-20(10-8-19)32(29,30)27-11-13-31-14-12-27/h3-10,17-18H,11-16H2,1-2H3,(H,25,28). The van der Waals surface area contributed by atoms with Crippen molar-refractivity contribution in [2.24, 2.45) is 5.92 Å². The van der Waals surface area contributed by atoms with Gasteiger partial charge in [0.15, 0.2) is 0 Å². The van der Waals surface area contributed by atoms with Crippen LogP contribution in [0.3, 0.4) is 0 Å².